The molecule has 0 aromatic carbocycles. The van der Waals surface area contributed by atoms with Crippen molar-refractivity contribution in [1.29, 1.82) is 0 Å². The van der Waals surface area contributed by atoms with Gasteiger partial charge in [0.25, 0.3) is 5.91 Å². The maximum absolute atomic E-state index is 12.6. The lowest BCUT2D eigenvalue weighted by Gasteiger charge is -2.51. The van der Waals surface area contributed by atoms with Gasteiger partial charge in [-0.1, -0.05) is 36.7 Å². The molecule has 1 fully saturated rings. The number of thioether (sulfide) groups is 1. The monoisotopic (exact) mass is 347 g/mol. The normalized spacial score (nSPS) is 31.2. The van der Waals surface area contributed by atoms with Gasteiger partial charge in [-0.25, -0.2) is 0 Å². The Kier molecular flexibility index (Phi) is 3.88. The van der Waals surface area contributed by atoms with Crippen molar-refractivity contribution in [3.63, 3.8) is 0 Å². The van der Waals surface area contributed by atoms with Gasteiger partial charge in [-0.05, 0) is 12.5 Å². The fourth-order valence-corrected chi connectivity index (χ4v) is 4.33. The van der Waals surface area contributed by atoms with Crippen molar-refractivity contribution in [2.24, 2.45) is 5.41 Å². The molecule has 1 unspecified atom stereocenters. The lowest BCUT2D eigenvalue weighted by molar-refractivity contribution is -0.160. The first kappa shape index (κ1) is 15.1. The summed E-state index contributed by atoms with van der Waals surface area (Å²) < 4.78 is 5.24. The molecule has 0 aromatic heterocycles. The molecule has 0 aromatic rings. The Morgan fingerprint density at radius 2 is 2.00 bits per heavy atom. The predicted molar refractivity (Wildman–Crippen MR) is 78.9 cm³/mol. The molecule has 0 N–H and O–H groups in total. The summed E-state index contributed by atoms with van der Waals surface area (Å²) in [6.45, 7) is 7.50. The quantitative estimate of drug-likeness (QED) is 0.568. The van der Waals surface area contributed by atoms with Gasteiger partial charge in [0.2, 0.25) is 0 Å². The van der Waals surface area contributed by atoms with Crippen LogP contribution in [0.25, 0.3) is 0 Å². The Bertz CT molecular complexity index is 469. The van der Waals surface area contributed by atoms with Crippen molar-refractivity contribution < 1.29 is 14.3 Å². The largest absolute Gasteiger partial charge is 0.368 e. The number of rotatable bonds is 2. The molecule has 2 heterocycles. The zero-order valence-corrected chi connectivity index (χ0v) is 14.1. The minimum atomic E-state index is -0.506. The average Bonchev–Trinajstić information content (AvgIpc) is 2.31. The second-order valence-corrected chi connectivity index (χ2v) is 8.57. The standard InChI is InChI=1S/C13H18BrNO3S/c1-6-7(9(16)13(2,3)4)15-11(17)8(18-5)12(15)19-10(6)14/h8,10,12H,1-5H3/t8-,10?,12-/m0/s1. The number of ether oxygens (including phenoxy) is 1. The van der Waals surface area contributed by atoms with Crippen LogP contribution in [0.2, 0.25) is 0 Å². The molecule has 2 aliphatic rings. The van der Waals surface area contributed by atoms with Crippen molar-refractivity contribution in [2.45, 2.75) is 43.3 Å². The molecule has 0 aliphatic carbocycles. The molecule has 19 heavy (non-hydrogen) atoms. The second-order valence-electron chi connectivity index (χ2n) is 5.82. The van der Waals surface area contributed by atoms with Crippen molar-refractivity contribution >= 4 is 39.4 Å². The van der Waals surface area contributed by atoms with Crippen molar-refractivity contribution in [3.05, 3.63) is 11.3 Å². The number of fused-ring (bicyclic) bond motifs is 1. The zero-order valence-electron chi connectivity index (χ0n) is 11.7. The van der Waals surface area contributed by atoms with E-state index in [-0.39, 0.29) is 21.2 Å². The van der Waals surface area contributed by atoms with E-state index in [1.165, 1.54) is 7.11 Å². The number of amides is 1. The van der Waals surface area contributed by atoms with E-state index >= 15 is 0 Å². The molecule has 1 saturated heterocycles. The van der Waals surface area contributed by atoms with Gasteiger partial charge in [-0.2, -0.15) is 0 Å². The minimum absolute atomic E-state index is 0.00246. The number of carbonyl (C=O) groups is 2. The van der Waals surface area contributed by atoms with Crippen LogP contribution in [-0.2, 0) is 14.3 Å². The van der Waals surface area contributed by atoms with Gasteiger partial charge in [0.15, 0.2) is 11.9 Å². The topological polar surface area (TPSA) is 46.6 Å². The molecule has 6 heteroatoms. The number of halogens is 1. The van der Waals surface area contributed by atoms with E-state index in [4.69, 9.17) is 4.74 Å². The zero-order chi connectivity index (χ0) is 14.5. The van der Waals surface area contributed by atoms with E-state index in [9.17, 15) is 9.59 Å². The van der Waals surface area contributed by atoms with Crippen LogP contribution in [0.5, 0.6) is 0 Å². The van der Waals surface area contributed by atoms with E-state index in [1.807, 2.05) is 27.7 Å². The van der Waals surface area contributed by atoms with Crippen LogP contribution in [0.3, 0.4) is 0 Å². The van der Waals surface area contributed by atoms with E-state index in [0.717, 1.165) is 5.57 Å². The Morgan fingerprint density at radius 1 is 1.42 bits per heavy atom. The molecule has 0 bridgehead atoms. The molecular formula is C13H18BrNO3S. The van der Waals surface area contributed by atoms with Crippen LogP contribution in [0.15, 0.2) is 11.3 Å². The molecule has 0 saturated carbocycles. The number of carbonyl (C=O) groups excluding carboxylic acids is 2. The first-order valence-electron chi connectivity index (χ1n) is 6.11. The molecule has 1 amide bonds. The van der Waals surface area contributed by atoms with Crippen LogP contribution in [0, 0.1) is 5.41 Å². The molecule has 4 nitrogen and oxygen atoms in total. The highest BCUT2D eigenvalue weighted by atomic mass is 79.9. The molecule has 0 spiro atoms. The van der Waals surface area contributed by atoms with Crippen LogP contribution in [-0.4, -0.2) is 39.3 Å². The number of β-lactam (4-membered cyclic amide) rings is 1. The third-order valence-electron chi connectivity index (χ3n) is 3.36. The van der Waals surface area contributed by atoms with Crippen LogP contribution >= 0.6 is 27.7 Å². The fraction of sp³-hybridized carbons (Fsp3) is 0.692. The van der Waals surface area contributed by atoms with Crippen LogP contribution in [0.4, 0.5) is 0 Å². The second kappa shape index (κ2) is 4.90. The number of alkyl halides is 1. The first-order valence-corrected chi connectivity index (χ1v) is 7.97. The SMILES string of the molecule is CO[C@H]1C(=O)N2C(C(=O)C(C)(C)C)=C(C)C(Br)S[C@@H]12. The maximum atomic E-state index is 12.6. The molecule has 106 valence electrons. The lowest BCUT2D eigenvalue weighted by atomic mass is 9.86. The maximum Gasteiger partial charge on any atom is 0.260 e. The van der Waals surface area contributed by atoms with Crippen molar-refractivity contribution in [1.82, 2.24) is 4.90 Å². The Morgan fingerprint density at radius 3 is 2.47 bits per heavy atom. The Balaban J connectivity index is 2.42. The summed E-state index contributed by atoms with van der Waals surface area (Å²) in [4.78, 5) is 26.3. The van der Waals surface area contributed by atoms with Crippen LogP contribution in [0.1, 0.15) is 27.7 Å². The highest BCUT2D eigenvalue weighted by molar-refractivity contribution is 9.11. The number of allylic oxidation sites excluding steroid dienone is 1. The third-order valence-corrected chi connectivity index (χ3v) is 6.02. The number of Topliss-reactive ketones (excluding diaryl/α,β-unsaturated/α-hetero) is 1. The molecular weight excluding hydrogens is 330 g/mol. The van der Waals surface area contributed by atoms with E-state index in [0.29, 0.717) is 5.70 Å². The highest BCUT2D eigenvalue weighted by Gasteiger charge is 2.55. The fourth-order valence-electron chi connectivity index (χ4n) is 2.19. The first-order chi connectivity index (χ1) is 8.70. The van der Waals surface area contributed by atoms with E-state index < -0.39 is 11.5 Å². The summed E-state index contributed by atoms with van der Waals surface area (Å²) in [6.07, 6.45) is -0.444. The van der Waals surface area contributed by atoms with Gasteiger partial charge in [0, 0.05) is 12.5 Å². The minimum Gasteiger partial charge on any atom is -0.368 e. The van der Waals surface area contributed by atoms with Crippen molar-refractivity contribution in [3.8, 4) is 0 Å². The number of methoxy groups -OCH3 is 1. The van der Waals surface area contributed by atoms with E-state index in [1.54, 1.807) is 16.7 Å². The summed E-state index contributed by atoms with van der Waals surface area (Å²) in [5.74, 6) is -0.117. The summed E-state index contributed by atoms with van der Waals surface area (Å²) in [5.41, 5.74) is 0.939. The van der Waals surface area contributed by atoms with Gasteiger partial charge < -0.3 is 4.74 Å². The van der Waals surface area contributed by atoms with Gasteiger partial charge in [0.1, 0.15) is 5.37 Å². The van der Waals surface area contributed by atoms with Gasteiger partial charge in [-0.15, -0.1) is 11.8 Å². The lowest BCUT2D eigenvalue weighted by Crippen LogP contribution is -2.66. The smallest absolute Gasteiger partial charge is 0.260 e. The molecule has 0 radical (unpaired) electrons. The molecule has 3 atom stereocenters. The third kappa shape index (κ3) is 2.28. The Hall–Kier alpha value is -0.330. The Labute approximate surface area is 126 Å². The summed E-state index contributed by atoms with van der Waals surface area (Å²) >= 11 is 5.17. The van der Waals surface area contributed by atoms with Crippen molar-refractivity contribution in [2.75, 3.05) is 7.11 Å². The summed E-state index contributed by atoms with van der Waals surface area (Å²) in [7, 11) is 1.53. The number of ketones is 1. The van der Waals surface area contributed by atoms with E-state index in [2.05, 4.69) is 15.9 Å². The molecule has 2 aliphatic heterocycles. The summed E-state index contributed by atoms with van der Waals surface area (Å²) in [6, 6.07) is 0. The number of hydrogen-bond acceptors (Lipinski definition) is 4. The van der Waals surface area contributed by atoms with Gasteiger partial charge in [-0.3, -0.25) is 14.5 Å². The summed E-state index contributed by atoms with van der Waals surface area (Å²) in [5, 5.41) is -0.105. The van der Waals surface area contributed by atoms with Gasteiger partial charge >= 0.3 is 0 Å². The van der Waals surface area contributed by atoms with Crippen LogP contribution < -0.4 is 0 Å². The highest BCUT2D eigenvalue weighted by Crippen LogP contribution is 2.48. The number of hydrogen-bond donors (Lipinski definition) is 0. The average molecular weight is 348 g/mol. The van der Waals surface area contributed by atoms with Gasteiger partial charge in [0.05, 0.1) is 9.86 Å². The predicted octanol–water partition coefficient (Wildman–Crippen LogP) is 2.53. The molecule has 2 rings (SSSR count). The number of nitrogens with zero attached hydrogens (tertiary/aromatic N) is 1.